The molecule has 2 rings (SSSR count). The Morgan fingerprint density at radius 1 is 1.44 bits per heavy atom. The van der Waals surface area contributed by atoms with Gasteiger partial charge >= 0.3 is 7.12 Å². The molecule has 0 aliphatic carbocycles. The first-order valence-electron chi connectivity index (χ1n) is 5.60. The van der Waals surface area contributed by atoms with Crippen LogP contribution in [0.25, 0.3) is 10.9 Å². The van der Waals surface area contributed by atoms with Gasteiger partial charge in [0.1, 0.15) is 11.8 Å². The normalized spacial score (nSPS) is 10.4. The average Bonchev–Trinajstić information content (AvgIpc) is 2.71. The predicted molar refractivity (Wildman–Crippen MR) is 68.7 cm³/mol. The minimum absolute atomic E-state index is 0.225. The summed E-state index contributed by atoms with van der Waals surface area (Å²) in [6.07, 6.45) is 0. The molecule has 0 saturated carbocycles. The number of rotatable bonds is 3. The fraction of sp³-hybridized carbons (Fsp3) is 0.250. The van der Waals surface area contributed by atoms with Crippen LogP contribution in [0.15, 0.2) is 18.2 Å². The fourth-order valence-corrected chi connectivity index (χ4v) is 2.20. The smallest absolute Gasteiger partial charge is 0.497 e. The van der Waals surface area contributed by atoms with Crippen LogP contribution in [-0.4, -0.2) is 28.8 Å². The highest BCUT2D eigenvalue weighted by Gasteiger charge is 2.25. The van der Waals surface area contributed by atoms with Crippen molar-refractivity contribution in [2.45, 2.75) is 13.5 Å². The van der Waals surface area contributed by atoms with Crippen LogP contribution in [-0.2, 0) is 6.54 Å². The minimum atomic E-state index is -1.67. The number of benzene rings is 1. The van der Waals surface area contributed by atoms with E-state index < -0.39 is 7.12 Å². The van der Waals surface area contributed by atoms with Crippen LogP contribution in [0.2, 0.25) is 0 Å². The zero-order chi connectivity index (χ0) is 13.3. The van der Waals surface area contributed by atoms with Crippen molar-refractivity contribution in [2.75, 3.05) is 7.11 Å². The molecule has 0 fully saturated rings. The molecule has 0 unspecified atom stereocenters. The molecule has 1 aromatic heterocycles. The molecule has 6 heteroatoms. The van der Waals surface area contributed by atoms with Crippen LogP contribution in [0.3, 0.4) is 0 Å². The second kappa shape index (κ2) is 4.73. The zero-order valence-corrected chi connectivity index (χ0v) is 10.2. The average molecular weight is 244 g/mol. The van der Waals surface area contributed by atoms with E-state index in [1.807, 2.05) is 13.0 Å². The van der Waals surface area contributed by atoms with Crippen LogP contribution < -0.4 is 10.3 Å². The Morgan fingerprint density at radius 2 is 2.17 bits per heavy atom. The molecule has 0 saturated heterocycles. The highest BCUT2D eigenvalue weighted by molar-refractivity contribution is 6.59. The molecule has 0 atom stereocenters. The lowest BCUT2D eigenvalue weighted by Gasteiger charge is -2.07. The fourth-order valence-electron chi connectivity index (χ4n) is 2.20. The van der Waals surface area contributed by atoms with Gasteiger partial charge in [0.05, 0.1) is 23.8 Å². The molecule has 0 radical (unpaired) electrons. The Bertz CT molecular complexity index is 628. The van der Waals surface area contributed by atoms with Crippen molar-refractivity contribution >= 4 is 23.6 Å². The van der Waals surface area contributed by atoms with Gasteiger partial charge in [0, 0.05) is 18.0 Å². The lowest BCUT2D eigenvalue weighted by atomic mass is 9.82. The van der Waals surface area contributed by atoms with Gasteiger partial charge in [-0.3, -0.25) is 0 Å². The molecular weight excluding hydrogens is 231 g/mol. The SMILES string of the molecule is CCn1c(B(O)O)c(C#N)c2ccc(OC)cc21. The van der Waals surface area contributed by atoms with Gasteiger partial charge in [0.15, 0.2) is 0 Å². The number of fused-ring (bicyclic) bond motifs is 1. The van der Waals surface area contributed by atoms with Crippen LogP contribution in [0.4, 0.5) is 0 Å². The van der Waals surface area contributed by atoms with Crippen molar-refractivity contribution in [1.29, 1.82) is 5.26 Å². The summed E-state index contributed by atoms with van der Waals surface area (Å²) in [6.45, 7) is 2.42. The van der Waals surface area contributed by atoms with Crippen LogP contribution in [0.5, 0.6) is 5.75 Å². The van der Waals surface area contributed by atoms with Gasteiger partial charge in [-0.1, -0.05) is 0 Å². The number of nitriles is 1. The lowest BCUT2D eigenvalue weighted by Crippen LogP contribution is -2.37. The summed E-state index contributed by atoms with van der Waals surface area (Å²) >= 11 is 0. The van der Waals surface area contributed by atoms with E-state index in [1.165, 1.54) is 0 Å². The molecule has 18 heavy (non-hydrogen) atoms. The summed E-state index contributed by atoms with van der Waals surface area (Å²) in [7, 11) is -0.106. The summed E-state index contributed by atoms with van der Waals surface area (Å²) in [4.78, 5) is 0. The number of methoxy groups -OCH3 is 1. The Kier molecular flexibility index (Phi) is 3.28. The summed E-state index contributed by atoms with van der Waals surface area (Å²) < 4.78 is 6.85. The maximum atomic E-state index is 9.43. The molecule has 5 nitrogen and oxygen atoms in total. The van der Waals surface area contributed by atoms with Crippen LogP contribution in [0.1, 0.15) is 12.5 Å². The van der Waals surface area contributed by atoms with Gasteiger partial charge in [-0.15, -0.1) is 0 Å². The number of hydrogen-bond donors (Lipinski definition) is 2. The van der Waals surface area contributed by atoms with E-state index in [2.05, 4.69) is 0 Å². The number of aromatic nitrogens is 1. The first kappa shape index (κ1) is 12.5. The topological polar surface area (TPSA) is 78.4 Å². The summed E-state index contributed by atoms with van der Waals surface area (Å²) in [5.41, 5.74) is 1.28. The largest absolute Gasteiger partial charge is 0.507 e. The first-order chi connectivity index (χ1) is 8.63. The molecule has 1 heterocycles. The van der Waals surface area contributed by atoms with Crippen LogP contribution >= 0.6 is 0 Å². The van der Waals surface area contributed by atoms with E-state index in [9.17, 15) is 15.3 Å². The van der Waals surface area contributed by atoms with Crippen molar-refractivity contribution in [1.82, 2.24) is 4.57 Å². The Labute approximate surface area is 105 Å². The van der Waals surface area contributed by atoms with Crippen molar-refractivity contribution in [3.63, 3.8) is 0 Å². The maximum Gasteiger partial charge on any atom is 0.507 e. The lowest BCUT2D eigenvalue weighted by molar-refractivity contribution is 0.415. The number of nitrogens with zero attached hydrogens (tertiary/aromatic N) is 2. The Hall–Kier alpha value is -1.97. The van der Waals surface area contributed by atoms with E-state index in [0.29, 0.717) is 23.2 Å². The number of hydrogen-bond acceptors (Lipinski definition) is 4. The number of ether oxygens (including phenoxy) is 1. The molecule has 0 aliphatic rings. The van der Waals surface area contributed by atoms with Gasteiger partial charge in [-0.05, 0) is 19.1 Å². The molecule has 0 spiro atoms. The number of aryl methyl sites for hydroxylation is 1. The second-order valence-corrected chi connectivity index (χ2v) is 3.87. The van der Waals surface area contributed by atoms with E-state index in [4.69, 9.17) is 4.74 Å². The summed E-state index contributed by atoms with van der Waals surface area (Å²) in [5.74, 6) is 0.665. The highest BCUT2D eigenvalue weighted by Crippen LogP contribution is 2.24. The second-order valence-electron chi connectivity index (χ2n) is 3.87. The molecule has 0 amide bonds. The third-order valence-electron chi connectivity index (χ3n) is 2.98. The summed E-state index contributed by atoms with van der Waals surface area (Å²) in [5, 5.41) is 28.7. The van der Waals surface area contributed by atoms with E-state index in [-0.39, 0.29) is 5.59 Å². The molecule has 2 N–H and O–H groups in total. The predicted octanol–water partition coefficient (Wildman–Crippen LogP) is 0.221. The van der Waals surface area contributed by atoms with Gasteiger partial charge in [0.25, 0.3) is 0 Å². The van der Waals surface area contributed by atoms with Gasteiger partial charge in [-0.25, -0.2) is 0 Å². The molecule has 1 aromatic carbocycles. The Balaban J connectivity index is 2.87. The highest BCUT2D eigenvalue weighted by atomic mass is 16.5. The van der Waals surface area contributed by atoms with Gasteiger partial charge in [0.2, 0.25) is 0 Å². The monoisotopic (exact) mass is 244 g/mol. The minimum Gasteiger partial charge on any atom is -0.497 e. The van der Waals surface area contributed by atoms with Crippen molar-refractivity contribution in [3.8, 4) is 11.8 Å². The standard InChI is InChI=1S/C12H13BN2O3/c1-3-15-11-6-8(18-2)4-5-9(11)10(7-14)12(15)13(16)17/h4-6,16-17H,3H2,1-2H3. The summed E-state index contributed by atoms with van der Waals surface area (Å²) in [6, 6.07) is 7.32. The van der Waals surface area contributed by atoms with Crippen LogP contribution in [0, 0.1) is 11.3 Å². The molecule has 2 aromatic rings. The molecule has 0 bridgehead atoms. The van der Waals surface area contributed by atoms with Crippen molar-refractivity contribution in [3.05, 3.63) is 23.8 Å². The third kappa shape index (κ3) is 1.74. The van der Waals surface area contributed by atoms with Crippen molar-refractivity contribution < 1.29 is 14.8 Å². The quantitative estimate of drug-likeness (QED) is 0.757. The maximum absolute atomic E-state index is 9.43. The zero-order valence-electron chi connectivity index (χ0n) is 10.2. The first-order valence-corrected chi connectivity index (χ1v) is 5.60. The van der Waals surface area contributed by atoms with Gasteiger partial charge in [-0.2, -0.15) is 5.26 Å². The van der Waals surface area contributed by atoms with E-state index in [1.54, 1.807) is 29.9 Å². The van der Waals surface area contributed by atoms with Crippen molar-refractivity contribution in [2.24, 2.45) is 0 Å². The molecule has 0 aliphatic heterocycles. The Morgan fingerprint density at radius 3 is 2.67 bits per heavy atom. The van der Waals surface area contributed by atoms with E-state index in [0.717, 1.165) is 5.52 Å². The third-order valence-corrected chi connectivity index (χ3v) is 2.98. The molecule has 92 valence electrons. The van der Waals surface area contributed by atoms with E-state index >= 15 is 0 Å². The molecular formula is C12H13BN2O3. The van der Waals surface area contributed by atoms with Gasteiger partial charge < -0.3 is 19.4 Å².